The topological polar surface area (TPSA) is 52.7 Å². The predicted octanol–water partition coefficient (Wildman–Crippen LogP) is 4.55. The van der Waals surface area contributed by atoms with Gasteiger partial charge >= 0.3 is 0 Å². The molecule has 3 aromatic carbocycles. The quantitative estimate of drug-likeness (QED) is 0.463. The molecule has 0 aliphatic carbocycles. The van der Waals surface area contributed by atoms with Gasteiger partial charge in [-0.1, -0.05) is 60.7 Å². The molecule has 0 unspecified atom stereocenters. The van der Waals surface area contributed by atoms with E-state index in [1.54, 1.807) is 15.3 Å². The van der Waals surface area contributed by atoms with Crippen molar-refractivity contribution in [1.82, 2.24) is 19.3 Å². The first-order valence-electron chi connectivity index (χ1n) is 9.42. The lowest BCUT2D eigenvalue weighted by Gasteiger charge is -2.15. The maximum Gasteiger partial charge on any atom is 0.267 e. The summed E-state index contributed by atoms with van der Waals surface area (Å²) in [5.41, 5.74) is 4.02. The molecule has 29 heavy (non-hydrogen) atoms. The number of nitrogens with zero attached hydrogens (tertiary/aromatic N) is 4. The van der Waals surface area contributed by atoms with Crippen LogP contribution in [0.15, 0.2) is 95.8 Å². The number of aromatic nitrogens is 4. The Balaban J connectivity index is 1.89. The minimum Gasteiger partial charge on any atom is -0.268 e. The van der Waals surface area contributed by atoms with Crippen molar-refractivity contribution in [2.24, 2.45) is 0 Å². The van der Waals surface area contributed by atoms with Crippen LogP contribution in [-0.4, -0.2) is 19.3 Å². The van der Waals surface area contributed by atoms with E-state index in [0.29, 0.717) is 16.9 Å². The SMILES string of the molecule is Cc1cc(-c2ccccc2)n(-c2nc3ccccc3c(=O)n2-c2ccccc2)n1. The second-order valence-electron chi connectivity index (χ2n) is 6.85. The lowest BCUT2D eigenvalue weighted by atomic mass is 10.1. The number of aryl methyl sites for hydroxylation is 1. The molecule has 0 N–H and O–H groups in total. The van der Waals surface area contributed by atoms with Crippen LogP contribution in [0.4, 0.5) is 0 Å². The van der Waals surface area contributed by atoms with Crippen LogP contribution in [0.5, 0.6) is 0 Å². The standard InChI is InChI=1S/C24H18N4O/c1-17-16-22(18-10-4-2-5-11-18)28(26-17)24-25-21-15-9-8-14-20(21)23(29)27(24)19-12-6-3-7-13-19/h2-16H,1H3. The van der Waals surface area contributed by atoms with Crippen LogP contribution in [0.25, 0.3) is 33.8 Å². The number of para-hydroxylation sites is 2. The molecule has 0 saturated carbocycles. The van der Waals surface area contributed by atoms with Crippen molar-refractivity contribution in [2.45, 2.75) is 6.92 Å². The Hall–Kier alpha value is -3.99. The largest absolute Gasteiger partial charge is 0.268 e. The van der Waals surface area contributed by atoms with E-state index in [1.807, 2.05) is 91.9 Å². The van der Waals surface area contributed by atoms with E-state index in [4.69, 9.17) is 4.98 Å². The van der Waals surface area contributed by atoms with Crippen molar-refractivity contribution < 1.29 is 0 Å². The summed E-state index contributed by atoms with van der Waals surface area (Å²) in [6, 6.07) is 29.0. The Bertz CT molecular complexity index is 1370. The maximum atomic E-state index is 13.5. The molecule has 0 aliphatic rings. The maximum absolute atomic E-state index is 13.5. The number of fused-ring (bicyclic) bond motifs is 1. The van der Waals surface area contributed by atoms with Crippen LogP contribution in [0.3, 0.4) is 0 Å². The molecule has 0 fully saturated rings. The van der Waals surface area contributed by atoms with Crippen molar-refractivity contribution in [3.63, 3.8) is 0 Å². The highest BCUT2D eigenvalue weighted by atomic mass is 16.1. The molecule has 5 heteroatoms. The smallest absolute Gasteiger partial charge is 0.267 e. The van der Waals surface area contributed by atoms with Crippen LogP contribution >= 0.6 is 0 Å². The molecule has 0 amide bonds. The Morgan fingerprint density at radius 2 is 1.45 bits per heavy atom. The molecule has 0 saturated heterocycles. The lowest BCUT2D eigenvalue weighted by Crippen LogP contribution is -2.25. The zero-order valence-corrected chi connectivity index (χ0v) is 15.9. The molecule has 0 spiro atoms. The monoisotopic (exact) mass is 378 g/mol. The van der Waals surface area contributed by atoms with Crippen LogP contribution in [-0.2, 0) is 0 Å². The minimum absolute atomic E-state index is 0.121. The Morgan fingerprint density at radius 3 is 2.21 bits per heavy atom. The van der Waals surface area contributed by atoms with E-state index in [2.05, 4.69) is 5.10 Å². The molecule has 140 valence electrons. The van der Waals surface area contributed by atoms with E-state index >= 15 is 0 Å². The molecular formula is C24H18N4O. The van der Waals surface area contributed by atoms with Crippen molar-refractivity contribution in [3.8, 4) is 22.9 Å². The summed E-state index contributed by atoms with van der Waals surface area (Å²) in [6.45, 7) is 1.94. The van der Waals surface area contributed by atoms with Gasteiger partial charge in [-0.05, 0) is 37.3 Å². The molecular weight excluding hydrogens is 360 g/mol. The average Bonchev–Trinajstić information content (AvgIpc) is 3.16. The summed E-state index contributed by atoms with van der Waals surface area (Å²) < 4.78 is 3.38. The fourth-order valence-corrected chi connectivity index (χ4v) is 3.54. The third-order valence-electron chi connectivity index (χ3n) is 4.86. The van der Waals surface area contributed by atoms with Gasteiger partial charge in [0.1, 0.15) is 0 Å². The van der Waals surface area contributed by atoms with E-state index in [0.717, 1.165) is 22.6 Å². The predicted molar refractivity (Wildman–Crippen MR) is 115 cm³/mol. The first-order chi connectivity index (χ1) is 14.2. The number of benzene rings is 3. The van der Waals surface area contributed by atoms with Crippen molar-refractivity contribution >= 4 is 10.9 Å². The third kappa shape index (κ3) is 2.93. The van der Waals surface area contributed by atoms with E-state index in [1.165, 1.54) is 0 Å². The molecule has 0 atom stereocenters. The van der Waals surface area contributed by atoms with Crippen molar-refractivity contribution in [2.75, 3.05) is 0 Å². The highest BCUT2D eigenvalue weighted by Gasteiger charge is 2.18. The van der Waals surface area contributed by atoms with Gasteiger partial charge in [-0.25, -0.2) is 9.55 Å². The Morgan fingerprint density at radius 1 is 0.793 bits per heavy atom. The van der Waals surface area contributed by atoms with Gasteiger partial charge in [-0.3, -0.25) is 4.79 Å². The molecule has 5 rings (SSSR count). The molecule has 0 bridgehead atoms. The summed E-state index contributed by atoms with van der Waals surface area (Å²) in [7, 11) is 0. The van der Waals surface area contributed by atoms with Crippen molar-refractivity contribution in [1.29, 1.82) is 0 Å². The van der Waals surface area contributed by atoms with Gasteiger partial charge in [-0.2, -0.15) is 9.78 Å². The summed E-state index contributed by atoms with van der Waals surface area (Å²) in [5.74, 6) is 0.465. The zero-order chi connectivity index (χ0) is 19.8. The van der Waals surface area contributed by atoms with E-state index in [9.17, 15) is 4.79 Å². The normalized spacial score (nSPS) is 11.1. The summed E-state index contributed by atoms with van der Waals surface area (Å²) in [5, 5.41) is 5.26. The van der Waals surface area contributed by atoms with Crippen LogP contribution < -0.4 is 5.56 Å². The van der Waals surface area contributed by atoms with Crippen molar-refractivity contribution in [3.05, 3.63) is 107 Å². The fraction of sp³-hybridized carbons (Fsp3) is 0.0417. The van der Waals surface area contributed by atoms with Gasteiger partial charge in [0.2, 0.25) is 5.95 Å². The van der Waals surface area contributed by atoms with Gasteiger partial charge in [0.05, 0.1) is 28.0 Å². The average molecular weight is 378 g/mol. The molecule has 0 aliphatic heterocycles. The molecule has 0 radical (unpaired) electrons. The number of rotatable bonds is 3. The van der Waals surface area contributed by atoms with Gasteiger partial charge in [0.15, 0.2) is 0 Å². The molecule has 5 nitrogen and oxygen atoms in total. The second-order valence-corrected chi connectivity index (χ2v) is 6.85. The highest BCUT2D eigenvalue weighted by Crippen LogP contribution is 2.24. The first kappa shape index (κ1) is 17.1. The summed E-state index contributed by atoms with van der Waals surface area (Å²) >= 11 is 0. The van der Waals surface area contributed by atoms with Gasteiger partial charge in [0.25, 0.3) is 5.56 Å². The molecule has 5 aromatic rings. The van der Waals surface area contributed by atoms with E-state index in [-0.39, 0.29) is 5.56 Å². The lowest BCUT2D eigenvalue weighted by molar-refractivity contribution is 0.760. The minimum atomic E-state index is -0.121. The highest BCUT2D eigenvalue weighted by molar-refractivity contribution is 5.78. The molecule has 2 aromatic heterocycles. The summed E-state index contributed by atoms with van der Waals surface area (Å²) in [6.07, 6.45) is 0. The zero-order valence-electron chi connectivity index (χ0n) is 15.9. The Labute approximate surface area is 167 Å². The summed E-state index contributed by atoms with van der Waals surface area (Å²) in [4.78, 5) is 18.3. The number of hydrogen-bond donors (Lipinski definition) is 0. The molecule has 2 heterocycles. The first-order valence-corrected chi connectivity index (χ1v) is 9.42. The third-order valence-corrected chi connectivity index (χ3v) is 4.86. The van der Waals surface area contributed by atoms with Crippen LogP contribution in [0.1, 0.15) is 5.69 Å². The second kappa shape index (κ2) is 6.87. The van der Waals surface area contributed by atoms with Gasteiger partial charge in [0, 0.05) is 5.56 Å². The Kier molecular flexibility index (Phi) is 4.06. The van der Waals surface area contributed by atoms with Crippen LogP contribution in [0, 0.1) is 6.92 Å². The fourth-order valence-electron chi connectivity index (χ4n) is 3.54. The van der Waals surface area contributed by atoms with Gasteiger partial charge in [-0.15, -0.1) is 0 Å². The van der Waals surface area contributed by atoms with Gasteiger partial charge < -0.3 is 0 Å². The van der Waals surface area contributed by atoms with E-state index < -0.39 is 0 Å². The number of hydrogen-bond acceptors (Lipinski definition) is 3. The van der Waals surface area contributed by atoms with Crippen LogP contribution in [0.2, 0.25) is 0 Å².